The van der Waals surface area contributed by atoms with Crippen molar-refractivity contribution in [1.29, 1.82) is 0 Å². The van der Waals surface area contributed by atoms with Crippen LogP contribution >= 0.6 is 0 Å². The molecule has 2 unspecified atom stereocenters. The van der Waals surface area contributed by atoms with E-state index in [1.165, 1.54) is 6.42 Å². The number of ether oxygens (including phenoxy) is 2. The van der Waals surface area contributed by atoms with E-state index >= 15 is 0 Å². The van der Waals surface area contributed by atoms with Crippen LogP contribution in [0, 0.1) is 0 Å². The lowest BCUT2D eigenvalue weighted by Gasteiger charge is -2.28. The average molecular weight is 236 g/mol. The van der Waals surface area contributed by atoms with Gasteiger partial charge in [-0.3, -0.25) is 4.98 Å². The maximum absolute atomic E-state index is 5.95. The minimum atomic E-state index is 0.252. The predicted molar refractivity (Wildman–Crippen MR) is 67.5 cm³/mol. The zero-order chi connectivity index (χ0) is 12.1. The maximum atomic E-state index is 5.95. The monoisotopic (exact) mass is 236 g/mol. The molecule has 1 aromatic heterocycles. The molecule has 0 spiro atoms. The Morgan fingerprint density at radius 1 is 1.29 bits per heavy atom. The van der Waals surface area contributed by atoms with E-state index < -0.39 is 0 Å². The number of methoxy groups -OCH3 is 1. The quantitative estimate of drug-likeness (QED) is 0.872. The first-order chi connectivity index (χ1) is 8.31. The Labute approximate surface area is 102 Å². The number of hydrogen-bond donors (Lipinski definition) is 1. The third-order valence-electron chi connectivity index (χ3n) is 3.22. The predicted octanol–water partition coefficient (Wildman–Crippen LogP) is 2.46. The van der Waals surface area contributed by atoms with Gasteiger partial charge in [0.15, 0.2) is 0 Å². The molecular weight excluding hydrogens is 216 g/mol. The van der Waals surface area contributed by atoms with E-state index in [1.54, 1.807) is 19.5 Å². The summed E-state index contributed by atoms with van der Waals surface area (Å²) in [5.41, 5.74) is 0.974. The fourth-order valence-corrected chi connectivity index (χ4v) is 2.24. The molecule has 1 heterocycles. The van der Waals surface area contributed by atoms with E-state index in [2.05, 4.69) is 10.3 Å². The van der Waals surface area contributed by atoms with Gasteiger partial charge < -0.3 is 14.8 Å². The van der Waals surface area contributed by atoms with E-state index in [-0.39, 0.29) is 6.10 Å². The first kappa shape index (κ1) is 12.2. The van der Waals surface area contributed by atoms with E-state index in [0.29, 0.717) is 6.10 Å². The lowest BCUT2D eigenvalue weighted by Crippen LogP contribution is -2.29. The van der Waals surface area contributed by atoms with Gasteiger partial charge in [0.2, 0.25) is 0 Å². The van der Waals surface area contributed by atoms with E-state index in [0.717, 1.165) is 30.7 Å². The molecule has 94 valence electrons. The van der Waals surface area contributed by atoms with Crippen LogP contribution in [0.3, 0.4) is 0 Å². The average Bonchev–Trinajstić information content (AvgIpc) is 2.39. The first-order valence-electron chi connectivity index (χ1n) is 6.14. The Hall–Kier alpha value is -1.29. The van der Waals surface area contributed by atoms with Crippen molar-refractivity contribution in [2.75, 3.05) is 19.5 Å². The van der Waals surface area contributed by atoms with E-state index in [4.69, 9.17) is 9.47 Å². The third-order valence-corrected chi connectivity index (χ3v) is 3.22. The summed E-state index contributed by atoms with van der Waals surface area (Å²) in [7, 11) is 3.65. The standard InChI is InChI=1S/C13H20N2O2/c1-14-10-6-13(9-15-8-10)17-12-5-3-4-11(7-12)16-2/h6,8-9,11-12,14H,3-5,7H2,1-2H3. The van der Waals surface area contributed by atoms with Crippen LogP contribution in [0.4, 0.5) is 5.69 Å². The Morgan fingerprint density at radius 3 is 2.88 bits per heavy atom. The summed E-state index contributed by atoms with van der Waals surface area (Å²) >= 11 is 0. The first-order valence-corrected chi connectivity index (χ1v) is 6.14. The van der Waals surface area contributed by atoms with Crippen LogP contribution in [-0.4, -0.2) is 31.3 Å². The van der Waals surface area contributed by atoms with Gasteiger partial charge >= 0.3 is 0 Å². The minimum absolute atomic E-state index is 0.252. The SMILES string of the molecule is CNc1cncc(OC2CCCC(OC)C2)c1. The second kappa shape index (κ2) is 5.87. The van der Waals surface area contributed by atoms with Crippen LogP contribution in [0.25, 0.3) is 0 Å². The molecule has 1 saturated carbocycles. The van der Waals surface area contributed by atoms with Crippen molar-refractivity contribution in [3.8, 4) is 5.75 Å². The second-order valence-electron chi connectivity index (χ2n) is 4.42. The molecule has 17 heavy (non-hydrogen) atoms. The number of anilines is 1. The van der Waals surface area contributed by atoms with Gasteiger partial charge in [-0.05, 0) is 19.3 Å². The summed E-state index contributed by atoms with van der Waals surface area (Å²) in [6.07, 6.45) is 8.53. The largest absolute Gasteiger partial charge is 0.489 e. The van der Waals surface area contributed by atoms with E-state index in [1.807, 2.05) is 13.1 Å². The van der Waals surface area contributed by atoms with Gasteiger partial charge in [0.25, 0.3) is 0 Å². The number of pyridine rings is 1. The highest BCUT2D eigenvalue weighted by molar-refractivity contribution is 5.44. The van der Waals surface area contributed by atoms with Crippen molar-refractivity contribution in [3.05, 3.63) is 18.5 Å². The molecule has 0 bridgehead atoms. The molecule has 0 aromatic carbocycles. The minimum Gasteiger partial charge on any atom is -0.489 e. The van der Waals surface area contributed by atoms with Gasteiger partial charge in [0, 0.05) is 26.6 Å². The fraction of sp³-hybridized carbons (Fsp3) is 0.615. The number of nitrogens with zero attached hydrogens (tertiary/aromatic N) is 1. The number of aromatic nitrogens is 1. The van der Waals surface area contributed by atoms with Crippen LogP contribution in [0.1, 0.15) is 25.7 Å². The van der Waals surface area contributed by atoms with Crippen LogP contribution in [0.5, 0.6) is 5.75 Å². The van der Waals surface area contributed by atoms with Crippen LogP contribution in [0.15, 0.2) is 18.5 Å². The zero-order valence-corrected chi connectivity index (χ0v) is 10.5. The van der Waals surface area contributed by atoms with Crippen molar-refractivity contribution in [2.24, 2.45) is 0 Å². The normalized spacial score (nSPS) is 24.4. The Bertz CT molecular complexity index is 357. The van der Waals surface area contributed by atoms with Crippen molar-refractivity contribution in [2.45, 2.75) is 37.9 Å². The van der Waals surface area contributed by atoms with Gasteiger partial charge in [-0.15, -0.1) is 0 Å². The molecule has 4 heteroatoms. The van der Waals surface area contributed by atoms with Crippen molar-refractivity contribution in [1.82, 2.24) is 4.98 Å². The highest BCUT2D eigenvalue weighted by Crippen LogP contribution is 2.25. The smallest absolute Gasteiger partial charge is 0.140 e. The number of hydrogen-bond acceptors (Lipinski definition) is 4. The summed E-state index contributed by atoms with van der Waals surface area (Å²) in [6, 6.07) is 1.98. The lowest BCUT2D eigenvalue weighted by atomic mass is 9.95. The molecule has 2 atom stereocenters. The van der Waals surface area contributed by atoms with Gasteiger partial charge in [0.1, 0.15) is 11.9 Å². The Balaban J connectivity index is 1.95. The van der Waals surface area contributed by atoms with Gasteiger partial charge in [-0.25, -0.2) is 0 Å². The highest BCUT2D eigenvalue weighted by Gasteiger charge is 2.23. The second-order valence-corrected chi connectivity index (χ2v) is 4.42. The van der Waals surface area contributed by atoms with Crippen molar-refractivity contribution < 1.29 is 9.47 Å². The summed E-state index contributed by atoms with van der Waals surface area (Å²) < 4.78 is 11.3. The van der Waals surface area contributed by atoms with Crippen LogP contribution in [0.2, 0.25) is 0 Å². The van der Waals surface area contributed by atoms with Crippen LogP contribution in [-0.2, 0) is 4.74 Å². The molecule has 4 nitrogen and oxygen atoms in total. The van der Waals surface area contributed by atoms with E-state index in [9.17, 15) is 0 Å². The Morgan fingerprint density at radius 2 is 2.12 bits per heavy atom. The van der Waals surface area contributed by atoms with Crippen molar-refractivity contribution in [3.63, 3.8) is 0 Å². The van der Waals surface area contributed by atoms with Gasteiger partial charge in [0.05, 0.1) is 24.2 Å². The number of rotatable bonds is 4. The molecule has 0 radical (unpaired) electrons. The summed E-state index contributed by atoms with van der Waals surface area (Å²) in [4.78, 5) is 4.14. The Kier molecular flexibility index (Phi) is 4.20. The number of nitrogens with one attached hydrogen (secondary N) is 1. The van der Waals surface area contributed by atoms with Crippen LogP contribution < -0.4 is 10.1 Å². The third kappa shape index (κ3) is 3.33. The summed E-state index contributed by atoms with van der Waals surface area (Å²) in [5.74, 6) is 0.832. The zero-order valence-electron chi connectivity index (χ0n) is 10.5. The molecule has 0 aliphatic heterocycles. The lowest BCUT2D eigenvalue weighted by molar-refractivity contribution is 0.0209. The molecule has 2 rings (SSSR count). The van der Waals surface area contributed by atoms with Gasteiger partial charge in [-0.2, -0.15) is 0 Å². The molecule has 1 fully saturated rings. The topological polar surface area (TPSA) is 43.4 Å². The maximum Gasteiger partial charge on any atom is 0.140 e. The molecule has 1 aliphatic carbocycles. The highest BCUT2D eigenvalue weighted by atomic mass is 16.5. The summed E-state index contributed by atoms with van der Waals surface area (Å²) in [5, 5.41) is 3.06. The molecule has 1 aliphatic rings. The molecule has 1 aromatic rings. The summed E-state index contributed by atoms with van der Waals surface area (Å²) in [6.45, 7) is 0. The molecule has 1 N–H and O–H groups in total. The van der Waals surface area contributed by atoms with Gasteiger partial charge in [-0.1, -0.05) is 0 Å². The van der Waals surface area contributed by atoms with Crippen molar-refractivity contribution >= 4 is 5.69 Å². The molecule has 0 saturated heterocycles. The fourth-order valence-electron chi connectivity index (χ4n) is 2.24. The molecular formula is C13H20N2O2. The molecule has 0 amide bonds.